The molecule has 2 amide bonds. The summed E-state index contributed by atoms with van der Waals surface area (Å²) in [5, 5.41) is 2.86. The Morgan fingerprint density at radius 1 is 1.22 bits per heavy atom. The van der Waals surface area contributed by atoms with E-state index in [4.69, 9.17) is 0 Å². The van der Waals surface area contributed by atoms with Crippen LogP contribution in [0.5, 0.6) is 0 Å². The van der Waals surface area contributed by atoms with Gasteiger partial charge in [-0.3, -0.25) is 14.4 Å². The number of Topliss-reactive ketones (excluding diaryl/α,β-unsaturated/α-hetero) is 1. The number of carbonyl (C=O) groups is 3. The summed E-state index contributed by atoms with van der Waals surface area (Å²) in [7, 11) is 0. The van der Waals surface area contributed by atoms with Crippen molar-refractivity contribution in [3.8, 4) is 0 Å². The average molecular weight is 501 g/mol. The Balaban J connectivity index is 1.73. The van der Waals surface area contributed by atoms with E-state index in [2.05, 4.69) is 43.0 Å². The zero-order valence-corrected chi connectivity index (χ0v) is 22.3. The fourth-order valence-corrected chi connectivity index (χ4v) is 4.84. The molecule has 1 fully saturated rings. The molecular weight excluding hydrogens is 459 g/mol. The first-order valence-corrected chi connectivity index (χ1v) is 13.2. The Bertz CT molecular complexity index is 1070. The first-order chi connectivity index (χ1) is 17.0. The zero-order chi connectivity index (χ0) is 26.5. The minimum absolute atomic E-state index is 0.0140. The minimum atomic E-state index is -0.895. The van der Waals surface area contributed by atoms with Gasteiger partial charge < -0.3 is 15.2 Å². The lowest BCUT2D eigenvalue weighted by atomic mass is 9.90. The van der Waals surface area contributed by atoms with Gasteiger partial charge >= 0.3 is 0 Å². The molecule has 0 saturated carbocycles. The lowest BCUT2D eigenvalue weighted by Gasteiger charge is -2.36. The standard InChI is InChI=1S/C28H41FN4O3/c1-6-19-10-7-8-15-33(19)25(36)17-22(30-24(35)13-14-28(3,4)5)23(34)16-18(2)27-31-21-12-9-11-20(29)26(21)32-27/h9,11-12,18-19,22H,6-8,10,13-17H2,1-5H3,(H,30,35)(H,31,32)/t18-,19+,22+/m1/s1. The van der Waals surface area contributed by atoms with Crippen molar-refractivity contribution < 1.29 is 18.8 Å². The topological polar surface area (TPSA) is 95.2 Å². The summed E-state index contributed by atoms with van der Waals surface area (Å²) < 4.78 is 14.1. The van der Waals surface area contributed by atoms with Crippen molar-refractivity contribution in [1.29, 1.82) is 0 Å². The maximum atomic E-state index is 14.1. The number of rotatable bonds is 10. The molecule has 1 aromatic carbocycles. The summed E-state index contributed by atoms with van der Waals surface area (Å²) >= 11 is 0. The molecule has 3 rings (SSSR count). The molecule has 1 aliphatic heterocycles. The van der Waals surface area contributed by atoms with Crippen LogP contribution in [0.4, 0.5) is 4.39 Å². The van der Waals surface area contributed by atoms with E-state index in [1.807, 2.05) is 11.8 Å². The van der Waals surface area contributed by atoms with Crippen LogP contribution in [0.1, 0.15) is 97.7 Å². The summed E-state index contributed by atoms with van der Waals surface area (Å²) in [6.07, 6.45) is 4.91. The molecule has 7 nitrogen and oxygen atoms in total. The Labute approximate surface area is 213 Å². The summed E-state index contributed by atoms with van der Waals surface area (Å²) in [5.41, 5.74) is 0.798. The maximum absolute atomic E-state index is 14.1. The SMILES string of the molecule is CC[C@H]1CCCCN1C(=O)C[C@H](NC(=O)CCC(C)(C)C)C(=O)C[C@@H](C)c1nc2c(F)cccc2[nH]1. The smallest absolute Gasteiger partial charge is 0.225 e. The summed E-state index contributed by atoms with van der Waals surface area (Å²) in [4.78, 5) is 48.7. The van der Waals surface area contributed by atoms with Gasteiger partial charge in [-0.05, 0) is 49.7 Å². The fraction of sp³-hybridized carbons (Fsp3) is 0.643. The molecular formula is C28H41FN4O3. The predicted molar refractivity (Wildman–Crippen MR) is 139 cm³/mol. The minimum Gasteiger partial charge on any atom is -0.346 e. The summed E-state index contributed by atoms with van der Waals surface area (Å²) in [5.74, 6) is -0.766. The number of fused-ring (bicyclic) bond motifs is 1. The molecule has 3 atom stereocenters. The van der Waals surface area contributed by atoms with E-state index in [-0.39, 0.29) is 53.3 Å². The van der Waals surface area contributed by atoms with Crippen molar-refractivity contribution in [2.75, 3.05) is 6.54 Å². The monoisotopic (exact) mass is 500 g/mol. The number of amides is 2. The predicted octanol–water partition coefficient (Wildman–Crippen LogP) is 5.26. The Hall–Kier alpha value is -2.77. The number of hydrogen-bond acceptors (Lipinski definition) is 4. The molecule has 2 aromatic rings. The first kappa shape index (κ1) is 27.8. The molecule has 1 aliphatic rings. The van der Waals surface area contributed by atoms with E-state index in [1.165, 1.54) is 6.07 Å². The second-order valence-corrected chi connectivity index (χ2v) is 11.4. The highest BCUT2D eigenvalue weighted by Crippen LogP contribution is 2.25. The second-order valence-electron chi connectivity index (χ2n) is 11.4. The van der Waals surface area contributed by atoms with Gasteiger partial charge in [-0.1, -0.05) is 40.7 Å². The van der Waals surface area contributed by atoms with Crippen LogP contribution in [0.2, 0.25) is 0 Å². The second kappa shape index (κ2) is 12.0. The number of imidazole rings is 1. The van der Waals surface area contributed by atoms with Crippen molar-refractivity contribution in [2.24, 2.45) is 5.41 Å². The molecule has 0 aliphatic carbocycles. The third kappa shape index (κ3) is 7.37. The van der Waals surface area contributed by atoms with Gasteiger partial charge in [-0.25, -0.2) is 9.37 Å². The average Bonchev–Trinajstić information content (AvgIpc) is 3.28. The van der Waals surface area contributed by atoms with Gasteiger partial charge in [-0.15, -0.1) is 0 Å². The van der Waals surface area contributed by atoms with Crippen LogP contribution >= 0.6 is 0 Å². The number of nitrogens with zero attached hydrogens (tertiary/aromatic N) is 2. The third-order valence-electron chi connectivity index (χ3n) is 7.08. The number of halogens is 1. The van der Waals surface area contributed by atoms with E-state index < -0.39 is 11.9 Å². The molecule has 1 aromatic heterocycles. The van der Waals surface area contributed by atoms with Crippen LogP contribution in [-0.2, 0) is 14.4 Å². The number of para-hydroxylation sites is 1. The number of nitrogens with one attached hydrogen (secondary N) is 2. The van der Waals surface area contributed by atoms with Crippen molar-refractivity contribution >= 4 is 28.6 Å². The normalized spacial score (nSPS) is 18.2. The fourth-order valence-electron chi connectivity index (χ4n) is 4.84. The van der Waals surface area contributed by atoms with Crippen LogP contribution in [0.3, 0.4) is 0 Å². The molecule has 2 N–H and O–H groups in total. The molecule has 198 valence electrons. The number of aromatic nitrogens is 2. The van der Waals surface area contributed by atoms with Crippen molar-refractivity contribution in [1.82, 2.24) is 20.2 Å². The zero-order valence-electron chi connectivity index (χ0n) is 22.3. The lowest BCUT2D eigenvalue weighted by Crippen LogP contribution is -2.49. The molecule has 2 heterocycles. The van der Waals surface area contributed by atoms with Gasteiger partial charge in [-0.2, -0.15) is 0 Å². The molecule has 36 heavy (non-hydrogen) atoms. The molecule has 0 unspecified atom stereocenters. The number of ketones is 1. The highest BCUT2D eigenvalue weighted by molar-refractivity contribution is 5.93. The van der Waals surface area contributed by atoms with E-state index in [1.54, 1.807) is 12.1 Å². The van der Waals surface area contributed by atoms with E-state index >= 15 is 0 Å². The number of H-pyrrole nitrogens is 1. The molecule has 8 heteroatoms. The van der Waals surface area contributed by atoms with Crippen LogP contribution < -0.4 is 5.32 Å². The van der Waals surface area contributed by atoms with Crippen molar-refractivity contribution in [2.45, 2.75) is 104 Å². The van der Waals surface area contributed by atoms with Gasteiger partial charge in [0.2, 0.25) is 11.8 Å². The van der Waals surface area contributed by atoms with E-state index in [0.717, 1.165) is 25.7 Å². The number of likely N-dealkylation sites (tertiary alicyclic amines) is 1. The van der Waals surface area contributed by atoms with Gasteiger partial charge in [0, 0.05) is 31.3 Å². The number of hydrogen-bond donors (Lipinski definition) is 2. The van der Waals surface area contributed by atoms with E-state index in [0.29, 0.717) is 30.7 Å². The molecule has 0 spiro atoms. The molecule has 1 saturated heterocycles. The quantitative estimate of drug-likeness (QED) is 0.465. The number of benzene rings is 1. The Morgan fingerprint density at radius 2 is 1.97 bits per heavy atom. The largest absolute Gasteiger partial charge is 0.346 e. The number of aromatic amines is 1. The highest BCUT2D eigenvalue weighted by Gasteiger charge is 2.31. The maximum Gasteiger partial charge on any atom is 0.225 e. The Kier molecular flexibility index (Phi) is 9.25. The van der Waals surface area contributed by atoms with Crippen molar-refractivity contribution in [3.63, 3.8) is 0 Å². The number of carbonyl (C=O) groups excluding carboxylic acids is 3. The van der Waals surface area contributed by atoms with Crippen molar-refractivity contribution in [3.05, 3.63) is 29.8 Å². The van der Waals surface area contributed by atoms with Gasteiger partial charge in [0.25, 0.3) is 0 Å². The van der Waals surface area contributed by atoms with Gasteiger partial charge in [0.15, 0.2) is 11.6 Å². The van der Waals surface area contributed by atoms with E-state index in [9.17, 15) is 18.8 Å². The molecule has 0 radical (unpaired) electrons. The molecule has 0 bridgehead atoms. The van der Waals surface area contributed by atoms with Gasteiger partial charge in [0.1, 0.15) is 11.3 Å². The van der Waals surface area contributed by atoms with Crippen LogP contribution in [0, 0.1) is 11.2 Å². The van der Waals surface area contributed by atoms with Gasteiger partial charge in [0.05, 0.1) is 18.0 Å². The first-order valence-electron chi connectivity index (χ1n) is 13.2. The third-order valence-corrected chi connectivity index (χ3v) is 7.08. The summed E-state index contributed by atoms with van der Waals surface area (Å²) in [6.45, 7) is 10.8. The summed E-state index contributed by atoms with van der Waals surface area (Å²) in [6, 6.07) is 3.98. The lowest BCUT2D eigenvalue weighted by molar-refractivity contribution is -0.138. The van der Waals surface area contributed by atoms with Crippen LogP contribution in [-0.4, -0.2) is 51.1 Å². The highest BCUT2D eigenvalue weighted by atomic mass is 19.1. The van der Waals surface area contributed by atoms with Crippen LogP contribution in [0.25, 0.3) is 11.0 Å². The van der Waals surface area contributed by atoms with Crippen LogP contribution in [0.15, 0.2) is 18.2 Å². The number of piperidine rings is 1. The Morgan fingerprint density at radius 3 is 2.64 bits per heavy atom.